The Balaban J connectivity index is 1.26. The number of unbranched alkanes of at least 4 members (excludes halogenated alkanes) is 7. The summed E-state index contributed by atoms with van der Waals surface area (Å²) in [6, 6.07) is 0. The van der Waals surface area contributed by atoms with E-state index in [1.807, 2.05) is 0 Å². The Morgan fingerprint density at radius 3 is 2.11 bits per heavy atom. The van der Waals surface area contributed by atoms with E-state index in [-0.39, 0.29) is 57.8 Å². The molecule has 9 atom stereocenters. The Morgan fingerprint density at radius 1 is 0.787 bits per heavy atom. The molecule has 0 radical (unpaired) electrons. The molecule has 1 unspecified atom stereocenters. The lowest BCUT2D eigenvalue weighted by Crippen LogP contribution is -2.67. The number of nitrogens with one attached hydrogen (secondary N) is 1. The first-order valence-electron chi connectivity index (χ1n) is 19.5. The van der Waals surface area contributed by atoms with Crippen LogP contribution in [0.25, 0.3) is 0 Å². The zero-order valence-corrected chi connectivity index (χ0v) is 30.6. The summed E-state index contributed by atoms with van der Waals surface area (Å²) in [4.78, 5) is 38.1. The zero-order valence-electron chi connectivity index (χ0n) is 30.6. The van der Waals surface area contributed by atoms with Crippen LogP contribution in [-0.2, 0) is 14.4 Å². The molecule has 3 N–H and O–H groups in total. The molecular weight excluding hydrogens is 586 g/mol. The summed E-state index contributed by atoms with van der Waals surface area (Å²) >= 11 is 0. The number of ketones is 1. The van der Waals surface area contributed by atoms with Crippen LogP contribution in [-0.4, -0.2) is 41.0 Å². The molecule has 47 heavy (non-hydrogen) atoms. The third kappa shape index (κ3) is 6.18. The third-order valence-electron chi connectivity index (χ3n) is 16.0. The zero-order chi connectivity index (χ0) is 34.3. The van der Waals surface area contributed by atoms with Crippen LogP contribution in [0.2, 0.25) is 0 Å². The minimum Gasteiger partial charge on any atom is -0.481 e. The molecule has 5 rings (SSSR count). The van der Waals surface area contributed by atoms with E-state index in [1.165, 1.54) is 19.3 Å². The smallest absolute Gasteiger partial charge is 0.303 e. The van der Waals surface area contributed by atoms with Crippen molar-refractivity contribution in [2.24, 2.45) is 56.7 Å². The van der Waals surface area contributed by atoms with E-state index in [2.05, 4.69) is 46.5 Å². The number of aliphatic carboxylic acids is 1. The number of hydrogen-bond donors (Lipinski definition) is 3. The Kier molecular flexibility index (Phi) is 10.8. The quantitative estimate of drug-likeness (QED) is 0.128. The van der Waals surface area contributed by atoms with Crippen molar-refractivity contribution in [3.63, 3.8) is 0 Å². The number of carbonyl (C=O) groups excluding carboxylic acids is 2. The van der Waals surface area contributed by atoms with Crippen LogP contribution in [0.15, 0.2) is 12.2 Å². The van der Waals surface area contributed by atoms with Crippen LogP contribution in [0.5, 0.6) is 0 Å². The first-order chi connectivity index (χ1) is 22.2. The van der Waals surface area contributed by atoms with E-state index in [0.29, 0.717) is 30.0 Å². The van der Waals surface area contributed by atoms with Crippen LogP contribution in [0.3, 0.4) is 0 Å². The number of aliphatic hydroxyl groups excluding tert-OH is 1. The average molecular weight is 654 g/mol. The monoisotopic (exact) mass is 654 g/mol. The van der Waals surface area contributed by atoms with Gasteiger partial charge in [-0.1, -0.05) is 79.7 Å². The molecule has 266 valence electrons. The Labute approximate surface area is 285 Å². The highest BCUT2D eigenvalue weighted by atomic mass is 16.4. The highest BCUT2D eigenvalue weighted by Crippen LogP contribution is 2.77. The molecule has 5 aliphatic rings. The third-order valence-corrected chi connectivity index (χ3v) is 16.0. The Bertz CT molecular complexity index is 1190. The summed E-state index contributed by atoms with van der Waals surface area (Å²) < 4.78 is 0. The summed E-state index contributed by atoms with van der Waals surface area (Å²) in [6.45, 7) is 17.3. The van der Waals surface area contributed by atoms with Crippen LogP contribution in [0.1, 0.15) is 157 Å². The van der Waals surface area contributed by atoms with Crippen molar-refractivity contribution in [2.45, 2.75) is 157 Å². The van der Waals surface area contributed by atoms with Crippen molar-refractivity contribution in [3.05, 3.63) is 12.2 Å². The molecule has 5 fully saturated rings. The second-order valence-electron chi connectivity index (χ2n) is 18.2. The van der Waals surface area contributed by atoms with Gasteiger partial charge in [-0.3, -0.25) is 14.4 Å². The molecule has 6 heteroatoms. The van der Waals surface area contributed by atoms with Crippen LogP contribution >= 0.6 is 0 Å². The second-order valence-corrected chi connectivity index (χ2v) is 18.2. The number of aliphatic hydroxyl groups is 1. The predicted octanol–water partition coefficient (Wildman–Crippen LogP) is 8.90. The fourth-order valence-electron chi connectivity index (χ4n) is 13.2. The number of fused-ring (bicyclic) bond motifs is 7. The molecule has 0 bridgehead atoms. The van der Waals surface area contributed by atoms with E-state index >= 15 is 0 Å². The van der Waals surface area contributed by atoms with Gasteiger partial charge in [0.25, 0.3) is 0 Å². The van der Waals surface area contributed by atoms with E-state index in [0.717, 1.165) is 102 Å². The Morgan fingerprint density at radius 2 is 1.45 bits per heavy atom. The number of hydrogen-bond acceptors (Lipinski definition) is 4. The Hall–Kier alpha value is -1.69. The molecule has 1 amide bonds. The molecular formula is C41H67NO5. The maximum absolute atomic E-state index is 14.3. The summed E-state index contributed by atoms with van der Waals surface area (Å²) in [7, 11) is 0. The van der Waals surface area contributed by atoms with Crippen LogP contribution in [0, 0.1) is 56.7 Å². The van der Waals surface area contributed by atoms with E-state index in [4.69, 9.17) is 5.11 Å². The lowest BCUT2D eigenvalue weighted by atomic mass is 9.32. The maximum atomic E-state index is 14.3. The predicted molar refractivity (Wildman–Crippen MR) is 188 cm³/mol. The van der Waals surface area contributed by atoms with Crippen molar-refractivity contribution in [3.8, 4) is 0 Å². The van der Waals surface area contributed by atoms with Crippen LogP contribution in [0.4, 0.5) is 0 Å². The molecule has 5 aliphatic carbocycles. The molecule has 0 aromatic rings. The first-order valence-corrected chi connectivity index (χ1v) is 19.5. The van der Waals surface area contributed by atoms with E-state index < -0.39 is 5.97 Å². The molecule has 0 aromatic carbocycles. The minimum atomic E-state index is -0.701. The second kappa shape index (κ2) is 13.9. The van der Waals surface area contributed by atoms with Gasteiger partial charge in [-0.2, -0.15) is 0 Å². The minimum absolute atomic E-state index is 0.00458. The van der Waals surface area contributed by atoms with Crippen molar-refractivity contribution in [1.29, 1.82) is 0 Å². The summed E-state index contributed by atoms with van der Waals surface area (Å²) in [5, 5.41) is 22.5. The van der Waals surface area contributed by atoms with Crippen molar-refractivity contribution in [2.75, 3.05) is 13.2 Å². The molecule has 0 saturated heterocycles. The van der Waals surface area contributed by atoms with Gasteiger partial charge in [0.15, 0.2) is 0 Å². The van der Waals surface area contributed by atoms with Crippen molar-refractivity contribution in [1.82, 2.24) is 5.32 Å². The number of carboxylic acids is 1. The van der Waals surface area contributed by atoms with Gasteiger partial charge in [0.1, 0.15) is 5.78 Å². The topological polar surface area (TPSA) is 104 Å². The van der Waals surface area contributed by atoms with Gasteiger partial charge >= 0.3 is 5.97 Å². The molecule has 6 nitrogen and oxygen atoms in total. The summed E-state index contributed by atoms with van der Waals surface area (Å²) in [5.74, 6) is 1.92. The molecule has 0 aromatic heterocycles. The number of rotatable bonds is 14. The fourth-order valence-corrected chi connectivity index (χ4v) is 13.2. The van der Waals surface area contributed by atoms with Gasteiger partial charge in [0, 0.05) is 24.8 Å². The molecule has 0 aliphatic heterocycles. The highest BCUT2D eigenvalue weighted by Gasteiger charge is 2.72. The van der Waals surface area contributed by atoms with Gasteiger partial charge < -0.3 is 15.5 Å². The number of amides is 1. The largest absolute Gasteiger partial charge is 0.481 e. The standard InChI is InChI=1S/C41H67NO5/c1-28(27-43)29-18-23-41(36(47)42-26-14-12-10-8-7-9-11-13-15-34(45)46)25-24-39(5)30(35(29)41)16-17-32-38(4)21-20-33(44)37(2,3)31(38)19-22-40(32,39)6/h29-32,35,43H,1,7-27H2,2-6H3,(H,42,47)(H,45,46)/t29-,30+,31-,32?,35+,38-,39+,40+,41-/m0/s1. The molecule has 0 spiro atoms. The maximum Gasteiger partial charge on any atom is 0.303 e. The van der Waals surface area contributed by atoms with E-state index in [1.54, 1.807) is 0 Å². The van der Waals surface area contributed by atoms with Gasteiger partial charge in [-0.25, -0.2) is 0 Å². The lowest BCUT2D eigenvalue weighted by Gasteiger charge is -2.72. The van der Waals surface area contributed by atoms with Gasteiger partial charge in [-0.05, 0) is 122 Å². The van der Waals surface area contributed by atoms with Crippen molar-refractivity contribution >= 4 is 17.7 Å². The number of carbonyl (C=O) groups is 3. The van der Waals surface area contributed by atoms with E-state index in [9.17, 15) is 19.5 Å². The summed E-state index contributed by atoms with van der Waals surface area (Å²) in [5.41, 5.74) is 0.776. The van der Waals surface area contributed by atoms with Gasteiger partial charge in [-0.15, -0.1) is 0 Å². The van der Waals surface area contributed by atoms with Gasteiger partial charge in [0.2, 0.25) is 5.91 Å². The first kappa shape index (κ1) is 36.6. The summed E-state index contributed by atoms with van der Waals surface area (Å²) in [6.07, 6.45) is 19.0. The number of carboxylic acid groups (broad SMARTS) is 1. The number of Topliss-reactive ketones (excluding diaryl/α,β-unsaturated/α-hetero) is 1. The SMILES string of the molecule is C=C(CO)[C@@H]1CC[C@]2(C(=O)NCCCCCCCCCCC(=O)O)CC[C@]3(C)[C@H](CCC4[C@@]5(C)CCC(=O)C(C)(C)[C@@H]5CC[C@]43C)[C@@H]12. The van der Waals surface area contributed by atoms with Crippen LogP contribution < -0.4 is 5.32 Å². The molecule has 5 saturated carbocycles. The molecule has 0 heterocycles. The normalized spacial score (nSPS) is 40.5. The van der Waals surface area contributed by atoms with Crippen molar-refractivity contribution < 1.29 is 24.6 Å². The van der Waals surface area contributed by atoms with Gasteiger partial charge in [0.05, 0.1) is 12.0 Å². The average Bonchev–Trinajstić information content (AvgIpc) is 3.42. The fraction of sp³-hybridized carbons (Fsp3) is 0.878. The lowest BCUT2D eigenvalue weighted by molar-refractivity contribution is -0.233. The highest BCUT2D eigenvalue weighted by molar-refractivity contribution is 5.85.